The standard InChI is InChI=1S/C20H34O2/c1-14-7-6-8-15(2)13-17(21)18-16(19(3,4)22)10-12-20(18,5)11-9-14/h8-9,11,14,16-18,21-22H,6-7,10,12-13H2,1-5H3. The molecule has 0 spiro atoms. The summed E-state index contributed by atoms with van der Waals surface area (Å²) in [7, 11) is 0. The van der Waals surface area contributed by atoms with Crippen molar-refractivity contribution >= 4 is 0 Å². The summed E-state index contributed by atoms with van der Waals surface area (Å²) in [5, 5.41) is 21.5. The molecule has 2 N–H and O–H groups in total. The van der Waals surface area contributed by atoms with Crippen LogP contribution in [0.2, 0.25) is 0 Å². The number of hydrogen-bond acceptors (Lipinski definition) is 2. The van der Waals surface area contributed by atoms with Gasteiger partial charge in [0.1, 0.15) is 0 Å². The zero-order chi connectivity index (χ0) is 16.5. The Balaban J connectivity index is 2.39. The van der Waals surface area contributed by atoms with Crippen molar-refractivity contribution in [3.8, 4) is 0 Å². The van der Waals surface area contributed by atoms with E-state index < -0.39 is 5.60 Å². The predicted octanol–water partition coefficient (Wildman–Crippen LogP) is 4.47. The Morgan fingerprint density at radius 1 is 1.27 bits per heavy atom. The number of fused-ring (bicyclic) bond motifs is 1. The molecule has 0 amide bonds. The van der Waals surface area contributed by atoms with Gasteiger partial charge in [0.05, 0.1) is 11.7 Å². The van der Waals surface area contributed by atoms with Crippen LogP contribution >= 0.6 is 0 Å². The van der Waals surface area contributed by atoms with E-state index in [-0.39, 0.29) is 23.4 Å². The molecule has 2 aliphatic rings. The van der Waals surface area contributed by atoms with Gasteiger partial charge < -0.3 is 10.2 Å². The Morgan fingerprint density at radius 2 is 1.95 bits per heavy atom. The summed E-state index contributed by atoms with van der Waals surface area (Å²) < 4.78 is 0. The highest BCUT2D eigenvalue weighted by molar-refractivity contribution is 5.14. The fourth-order valence-corrected chi connectivity index (χ4v) is 4.58. The Morgan fingerprint density at radius 3 is 2.59 bits per heavy atom. The first-order valence-electron chi connectivity index (χ1n) is 8.89. The molecule has 0 aromatic heterocycles. The van der Waals surface area contributed by atoms with E-state index in [2.05, 4.69) is 39.0 Å². The van der Waals surface area contributed by atoms with Gasteiger partial charge in [0.25, 0.3) is 0 Å². The molecule has 126 valence electrons. The Kier molecular flexibility index (Phi) is 5.23. The van der Waals surface area contributed by atoms with E-state index in [0.29, 0.717) is 5.92 Å². The van der Waals surface area contributed by atoms with Gasteiger partial charge in [0.15, 0.2) is 0 Å². The quantitative estimate of drug-likeness (QED) is 0.702. The van der Waals surface area contributed by atoms with Crippen LogP contribution in [0.1, 0.15) is 66.7 Å². The molecular weight excluding hydrogens is 272 g/mol. The molecule has 2 rings (SSSR count). The molecular formula is C20H34O2. The summed E-state index contributed by atoms with van der Waals surface area (Å²) in [5.74, 6) is 0.844. The summed E-state index contributed by atoms with van der Waals surface area (Å²) in [4.78, 5) is 0. The maximum absolute atomic E-state index is 10.9. The van der Waals surface area contributed by atoms with Crippen LogP contribution < -0.4 is 0 Å². The van der Waals surface area contributed by atoms with Crippen molar-refractivity contribution in [2.24, 2.45) is 23.2 Å². The molecule has 0 aromatic rings. The lowest BCUT2D eigenvalue weighted by Gasteiger charge is -2.40. The molecule has 0 saturated heterocycles. The summed E-state index contributed by atoms with van der Waals surface area (Å²) in [6.45, 7) is 10.5. The molecule has 0 aliphatic heterocycles. The summed E-state index contributed by atoms with van der Waals surface area (Å²) in [5.41, 5.74) is 0.536. The minimum absolute atomic E-state index is 0.0109. The van der Waals surface area contributed by atoms with Gasteiger partial charge in [-0.15, -0.1) is 0 Å². The summed E-state index contributed by atoms with van der Waals surface area (Å²) in [6, 6.07) is 0. The minimum Gasteiger partial charge on any atom is -0.392 e. The third-order valence-corrected chi connectivity index (χ3v) is 5.96. The molecule has 22 heavy (non-hydrogen) atoms. The predicted molar refractivity (Wildman–Crippen MR) is 92.5 cm³/mol. The van der Waals surface area contributed by atoms with Gasteiger partial charge >= 0.3 is 0 Å². The van der Waals surface area contributed by atoms with Crippen LogP contribution in [0.5, 0.6) is 0 Å². The summed E-state index contributed by atoms with van der Waals surface area (Å²) >= 11 is 0. The maximum Gasteiger partial charge on any atom is 0.0623 e. The van der Waals surface area contributed by atoms with E-state index in [9.17, 15) is 10.2 Å². The van der Waals surface area contributed by atoms with Crippen molar-refractivity contribution in [3.05, 3.63) is 23.8 Å². The molecule has 5 atom stereocenters. The largest absolute Gasteiger partial charge is 0.392 e. The van der Waals surface area contributed by atoms with Crippen molar-refractivity contribution < 1.29 is 10.2 Å². The Hall–Kier alpha value is -0.600. The number of aliphatic hydroxyl groups excluding tert-OH is 1. The molecule has 1 saturated carbocycles. The lowest BCUT2D eigenvalue weighted by molar-refractivity contribution is -0.0509. The Bertz CT molecular complexity index is 443. The van der Waals surface area contributed by atoms with E-state index in [1.54, 1.807) is 0 Å². The molecule has 2 nitrogen and oxygen atoms in total. The first kappa shape index (κ1) is 17.7. The second-order valence-electron chi connectivity index (χ2n) is 8.57. The first-order chi connectivity index (χ1) is 10.1. The monoisotopic (exact) mass is 306 g/mol. The fraction of sp³-hybridized carbons (Fsp3) is 0.800. The van der Waals surface area contributed by atoms with Crippen LogP contribution in [0.3, 0.4) is 0 Å². The second kappa shape index (κ2) is 6.49. The molecule has 2 heteroatoms. The lowest BCUT2D eigenvalue weighted by atomic mass is 9.68. The summed E-state index contributed by atoms with van der Waals surface area (Å²) in [6.07, 6.45) is 11.6. The van der Waals surface area contributed by atoms with Crippen LogP contribution in [-0.4, -0.2) is 21.9 Å². The zero-order valence-electron chi connectivity index (χ0n) is 15.0. The molecule has 2 aliphatic carbocycles. The van der Waals surface area contributed by atoms with Gasteiger partial charge in [-0.05, 0) is 76.0 Å². The zero-order valence-corrected chi connectivity index (χ0v) is 15.0. The highest BCUT2D eigenvalue weighted by atomic mass is 16.3. The highest BCUT2D eigenvalue weighted by Gasteiger charge is 2.51. The minimum atomic E-state index is -0.735. The van der Waals surface area contributed by atoms with Crippen LogP contribution in [-0.2, 0) is 0 Å². The van der Waals surface area contributed by atoms with E-state index in [1.807, 2.05) is 13.8 Å². The first-order valence-corrected chi connectivity index (χ1v) is 8.89. The van der Waals surface area contributed by atoms with E-state index >= 15 is 0 Å². The van der Waals surface area contributed by atoms with Gasteiger partial charge in [-0.3, -0.25) is 0 Å². The number of aliphatic hydroxyl groups is 2. The smallest absolute Gasteiger partial charge is 0.0623 e. The van der Waals surface area contributed by atoms with Crippen molar-refractivity contribution in [3.63, 3.8) is 0 Å². The molecule has 0 radical (unpaired) electrons. The van der Waals surface area contributed by atoms with Crippen LogP contribution in [0.15, 0.2) is 23.8 Å². The fourth-order valence-electron chi connectivity index (χ4n) is 4.58. The Labute approximate surface area is 136 Å². The number of allylic oxidation sites excluding steroid dienone is 3. The van der Waals surface area contributed by atoms with E-state index in [0.717, 1.165) is 25.7 Å². The third kappa shape index (κ3) is 3.83. The average molecular weight is 306 g/mol. The topological polar surface area (TPSA) is 40.5 Å². The highest BCUT2D eigenvalue weighted by Crippen LogP contribution is 2.54. The van der Waals surface area contributed by atoms with Crippen molar-refractivity contribution in [1.29, 1.82) is 0 Å². The van der Waals surface area contributed by atoms with Crippen LogP contribution in [0, 0.1) is 23.2 Å². The van der Waals surface area contributed by atoms with E-state index in [4.69, 9.17) is 0 Å². The van der Waals surface area contributed by atoms with E-state index in [1.165, 1.54) is 12.0 Å². The number of rotatable bonds is 1. The van der Waals surface area contributed by atoms with Gasteiger partial charge in [-0.1, -0.05) is 37.6 Å². The van der Waals surface area contributed by atoms with Crippen LogP contribution in [0.25, 0.3) is 0 Å². The second-order valence-corrected chi connectivity index (χ2v) is 8.57. The average Bonchev–Trinajstić information content (AvgIpc) is 2.73. The van der Waals surface area contributed by atoms with Crippen LogP contribution in [0.4, 0.5) is 0 Å². The normalized spacial score (nSPS) is 40.8. The SMILES string of the molecule is CC1=CCCC(C)C=CC2(C)CCC(C(C)(C)O)C2C(O)C1. The lowest BCUT2D eigenvalue weighted by Crippen LogP contribution is -2.43. The van der Waals surface area contributed by atoms with Crippen molar-refractivity contribution in [1.82, 2.24) is 0 Å². The van der Waals surface area contributed by atoms with Gasteiger partial charge in [0.2, 0.25) is 0 Å². The maximum atomic E-state index is 10.9. The number of hydrogen-bond donors (Lipinski definition) is 2. The molecule has 5 unspecified atom stereocenters. The molecule has 0 aromatic carbocycles. The van der Waals surface area contributed by atoms with Gasteiger partial charge in [0, 0.05) is 0 Å². The molecule has 0 bridgehead atoms. The molecule has 1 fully saturated rings. The molecule has 0 heterocycles. The van der Waals surface area contributed by atoms with Gasteiger partial charge in [-0.2, -0.15) is 0 Å². The van der Waals surface area contributed by atoms with Crippen molar-refractivity contribution in [2.75, 3.05) is 0 Å². The van der Waals surface area contributed by atoms with Crippen molar-refractivity contribution in [2.45, 2.75) is 78.4 Å². The van der Waals surface area contributed by atoms with Gasteiger partial charge in [-0.25, -0.2) is 0 Å². The third-order valence-electron chi connectivity index (χ3n) is 5.96.